The van der Waals surface area contributed by atoms with Gasteiger partial charge in [0.25, 0.3) is 0 Å². The molecule has 2 unspecified atom stereocenters. The minimum absolute atomic E-state index is 0.215. The van der Waals surface area contributed by atoms with E-state index in [-0.39, 0.29) is 5.97 Å². The van der Waals surface area contributed by atoms with Crippen molar-refractivity contribution >= 4 is 5.97 Å². The van der Waals surface area contributed by atoms with Crippen LogP contribution in [0.4, 0.5) is 0 Å². The van der Waals surface area contributed by atoms with Crippen LogP contribution in [-0.4, -0.2) is 12.6 Å². The van der Waals surface area contributed by atoms with Crippen LogP contribution in [0.5, 0.6) is 0 Å². The normalized spacial score (nSPS) is 26.4. The van der Waals surface area contributed by atoms with Crippen molar-refractivity contribution in [1.29, 1.82) is 0 Å². The second kappa shape index (κ2) is 5.08. The smallest absolute Gasteiger partial charge is 0.338 e. The average molecular weight is 270 g/mol. The van der Waals surface area contributed by atoms with Gasteiger partial charge in [0.2, 0.25) is 0 Å². The predicted octanol–water partition coefficient (Wildman–Crippen LogP) is 4.23. The van der Waals surface area contributed by atoms with E-state index in [1.807, 2.05) is 18.2 Å². The molecule has 2 bridgehead atoms. The van der Waals surface area contributed by atoms with Crippen molar-refractivity contribution in [2.75, 3.05) is 6.61 Å². The largest absolute Gasteiger partial charge is 0.462 e. The Morgan fingerprint density at radius 2 is 2.05 bits per heavy atom. The summed E-state index contributed by atoms with van der Waals surface area (Å²) in [5.41, 5.74) is 2.58. The second-order valence-corrected chi connectivity index (χ2v) is 6.57. The zero-order valence-corrected chi connectivity index (χ0v) is 12.3. The van der Waals surface area contributed by atoms with Gasteiger partial charge in [-0.05, 0) is 42.2 Å². The Bertz CT molecular complexity index is 528. The van der Waals surface area contributed by atoms with Gasteiger partial charge in [-0.1, -0.05) is 43.7 Å². The van der Waals surface area contributed by atoms with Crippen LogP contribution in [0.25, 0.3) is 0 Å². The van der Waals surface area contributed by atoms with Gasteiger partial charge in [-0.2, -0.15) is 0 Å². The number of carbonyl (C=O) groups excluding carboxylic acids is 1. The SMILES string of the molecule is CC1(C)C2CC=C(CCOC(=O)c3ccccc3)C1C2. The Morgan fingerprint density at radius 1 is 1.30 bits per heavy atom. The molecular weight excluding hydrogens is 248 g/mol. The van der Waals surface area contributed by atoms with Gasteiger partial charge in [0.15, 0.2) is 0 Å². The lowest BCUT2D eigenvalue weighted by molar-refractivity contribution is -0.0103. The van der Waals surface area contributed by atoms with Crippen molar-refractivity contribution in [3.8, 4) is 0 Å². The first-order valence-electron chi connectivity index (χ1n) is 7.50. The number of carbonyl (C=O) groups is 1. The third-order valence-electron chi connectivity index (χ3n) is 5.22. The summed E-state index contributed by atoms with van der Waals surface area (Å²) in [7, 11) is 0. The molecule has 0 aliphatic heterocycles. The molecule has 1 aromatic carbocycles. The van der Waals surface area contributed by atoms with Crippen molar-refractivity contribution in [1.82, 2.24) is 0 Å². The number of hydrogen-bond donors (Lipinski definition) is 0. The Hall–Kier alpha value is -1.57. The van der Waals surface area contributed by atoms with Crippen LogP contribution >= 0.6 is 0 Å². The monoisotopic (exact) mass is 270 g/mol. The van der Waals surface area contributed by atoms with Gasteiger partial charge in [-0.15, -0.1) is 0 Å². The van der Waals surface area contributed by atoms with E-state index >= 15 is 0 Å². The van der Waals surface area contributed by atoms with Crippen LogP contribution in [0.3, 0.4) is 0 Å². The summed E-state index contributed by atoms with van der Waals surface area (Å²) in [5, 5.41) is 0. The van der Waals surface area contributed by atoms with Crippen molar-refractivity contribution in [3.63, 3.8) is 0 Å². The van der Waals surface area contributed by atoms with Crippen LogP contribution in [0.1, 0.15) is 43.5 Å². The number of allylic oxidation sites excluding steroid dienone is 1. The van der Waals surface area contributed by atoms with Gasteiger partial charge >= 0.3 is 5.97 Å². The molecule has 3 aliphatic carbocycles. The van der Waals surface area contributed by atoms with Gasteiger partial charge in [0.05, 0.1) is 12.2 Å². The summed E-state index contributed by atoms with van der Waals surface area (Å²) < 4.78 is 5.38. The highest BCUT2D eigenvalue weighted by Crippen LogP contribution is 2.59. The van der Waals surface area contributed by atoms with Crippen molar-refractivity contribution in [3.05, 3.63) is 47.5 Å². The molecule has 0 saturated heterocycles. The highest BCUT2D eigenvalue weighted by Gasteiger charge is 2.50. The van der Waals surface area contributed by atoms with Gasteiger partial charge < -0.3 is 4.74 Å². The minimum Gasteiger partial charge on any atom is -0.462 e. The van der Waals surface area contributed by atoms with Gasteiger partial charge in [-0.25, -0.2) is 4.79 Å². The molecule has 4 rings (SSSR count). The maximum Gasteiger partial charge on any atom is 0.338 e. The molecule has 2 nitrogen and oxygen atoms in total. The number of hydrogen-bond acceptors (Lipinski definition) is 2. The lowest BCUT2D eigenvalue weighted by Gasteiger charge is -2.56. The highest BCUT2D eigenvalue weighted by atomic mass is 16.5. The number of esters is 1. The fourth-order valence-corrected chi connectivity index (χ4v) is 3.68. The van der Waals surface area contributed by atoms with Crippen molar-refractivity contribution in [2.45, 2.75) is 33.1 Å². The van der Waals surface area contributed by atoms with Crippen LogP contribution in [0, 0.1) is 17.3 Å². The Labute approximate surface area is 120 Å². The lowest BCUT2D eigenvalue weighted by atomic mass is 9.48. The lowest BCUT2D eigenvalue weighted by Crippen LogP contribution is -2.48. The summed E-state index contributed by atoms with van der Waals surface area (Å²) in [6.07, 6.45) is 5.79. The molecule has 20 heavy (non-hydrogen) atoms. The predicted molar refractivity (Wildman–Crippen MR) is 79.4 cm³/mol. The fraction of sp³-hybridized carbons (Fsp3) is 0.500. The standard InChI is InChI=1S/C18H22O2/c1-18(2)15-9-8-13(16(18)12-15)10-11-20-17(19)14-6-4-3-5-7-14/h3-8,15-16H,9-12H2,1-2H3. The van der Waals surface area contributed by atoms with E-state index in [1.54, 1.807) is 12.1 Å². The first-order valence-corrected chi connectivity index (χ1v) is 7.50. The van der Waals surface area contributed by atoms with E-state index in [1.165, 1.54) is 18.4 Å². The van der Waals surface area contributed by atoms with Crippen LogP contribution in [-0.2, 0) is 4.74 Å². The Morgan fingerprint density at radius 3 is 2.70 bits per heavy atom. The summed E-state index contributed by atoms with van der Waals surface area (Å²) in [4.78, 5) is 11.9. The molecule has 0 amide bonds. The molecule has 1 fully saturated rings. The van der Waals surface area contributed by atoms with E-state index in [2.05, 4.69) is 19.9 Å². The number of fused-ring (bicyclic) bond motifs is 1. The van der Waals surface area contributed by atoms with E-state index in [9.17, 15) is 4.79 Å². The maximum atomic E-state index is 11.9. The molecule has 106 valence electrons. The van der Waals surface area contributed by atoms with Crippen LogP contribution < -0.4 is 0 Å². The van der Waals surface area contributed by atoms with E-state index in [0.29, 0.717) is 23.5 Å². The van der Waals surface area contributed by atoms with Gasteiger partial charge in [0, 0.05) is 6.42 Å². The molecule has 2 heteroatoms. The third kappa shape index (κ3) is 2.28. The molecule has 0 spiro atoms. The van der Waals surface area contributed by atoms with E-state index in [0.717, 1.165) is 12.3 Å². The van der Waals surface area contributed by atoms with Gasteiger partial charge in [-0.3, -0.25) is 0 Å². The fourth-order valence-electron chi connectivity index (χ4n) is 3.68. The van der Waals surface area contributed by atoms with E-state index < -0.39 is 0 Å². The molecule has 0 N–H and O–H groups in total. The zero-order valence-electron chi connectivity index (χ0n) is 12.3. The molecular formula is C18H22O2. The summed E-state index contributed by atoms with van der Waals surface area (Å²) in [6, 6.07) is 9.21. The molecule has 0 aromatic heterocycles. The summed E-state index contributed by atoms with van der Waals surface area (Å²) in [6.45, 7) is 5.24. The number of ether oxygens (including phenoxy) is 1. The first kappa shape index (κ1) is 13.4. The van der Waals surface area contributed by atoms with Crippen molar-refractivity contribution < 1.29 is 9.53 Å². The quantitative estimate of drug-likeness (QED) is 0.604. The molecule has 3 aliphatic rings. The zero-order chi connectivity index (χ0) is 14.2. The molecule has 0 heterocycles. The minimum atomic E-state index is -0.215. The van der Waals surface area contributed by atoms with Crippen molar-refractivity contribution in [2.24, 2.45) is 17.3 Å². The Kier molecular flexibility index (Phi) is 3.41. The summed E-state index contributed by atoms with van der Waals surface area (Å²) in [5.74, 6) is 1.35. The van der Waals surface area contributed by atoms with Crippen LogP contribution in [0.15, 0.2) is 42.0 Å². The number of rotatable bonds is 4. The molecule has 0 radical (unpaired) electrons. The topological polar surface area (TPSA) is 26.3 Å². The van der Waals surface area contributed by atoms with Crippen LogP contribution in [0.2, 0.25) is 0 Å². The molecule has 1 aromatic rings. The first-order chi connectivity index (χ1) is 9.59. The average Bonchev–Trinajstić information content (AvgIpc) is 2.48. The Balaban J connectivity index is 1.52. The molecule has 1 saturated carbocycles. The van der Waals surface area contributed by atoms with E-state index in [4.69, 9.17) is 4.74 Å². The molecule has 2 atom stereocenters. The summed E-state index contributed by atoms with van der Waals surface area (Å²) >= 11 is 0. The second-order valence-electron chi connectivity index (χ2n) is 6.57. The maximum absolute atomic E-state index is 11.9. The third-order valence-corrected chi connectivity index (χ3v) is 5.22. The number of benzene rings is 1. The van der Waals surface area contributed by atoms with Gasteiger partial charge in [0.1, 0.15) is 0 Å². The highest BCUT2D eigenvalue weighted by molar-refractivity contribution is 5.89.